The number of fused-ring (bicyclic) bond motifs is 1. The SMILES string of the molecule is C[C@](O)(Cn1ccc2cc(F)ccc21)C(=O)Nc1cnc(C#N)c(C(F)(F)F)c1. The molecule has 3 aromatic rings. The van der Waals surface area contributed by atoms with Crippen molar-refractivity contribution in [2.45, 2.75) is 25.2 Å². The summed E-state index contributed by atoms with van der Waals surface area (Å²) in [7, 11) is 0. The van der Waals surface area contributed by atoms with Gasteiger partial charge >= 0.3 is 6.18 Å². The van der Waals surface area contributed by atoms with Crippen molar-refractivity contribution in [2.75, 3.05) is 5.32 Å². The zero-order valence-electron chi connectivity index (χ0n) is 15.0. The molecule has 2 heterocycles. The van der Waals surface area contributed by atoms with Crippen LogP contribution in [0.3, 0.4) is 0 Å². The Morgan fingerprint density at radius 2 is 2.03 bits per heavy atom. The smallest absolute Gasteiger partial charge is 0.378 e. The maximum atomic E-state index is 13.3. The van der Waals surface area contributed by atoms with Gasteiger partial charge in [-0.2, -0.15) is 18.4 Å². The van der Waals surface area contributed by atoms with E-state index in [1.165, 1.54) is 35.8 Å². The molecule has 0 saturated heterocycles. The summed E-state index contributed by atoms with van der Waals surface area (Å²) in [5.41, 5.74) is -3.88. The molecule has 0 fully saturated rings. The number of pyridine rings is 1. The van der Waals surface area contributed by atoms with Gasteiger partial charge < -0.3 is 15.0 Å². The van der Waals surface area contributed by atoms with Crippen LogP contribution in [0, 0.1) is 17.1 Å². The Bertz CT molecular complexity index is 1130. The van der Waals surface area contributed by atoms with Crippen molar-refractivity contribution in [2.24, 2.45) is 0 Å². The normalized spacial score (nSPS) is 13.7. The van der Waals surface area contributed by atoms with Gasteiger partial charge in [-0.1, -0.05) is 0 Å². The van der Waals surface area contributed by atoms with Gasteiger partial charge in [0, 0.05) is 17.1 Å². The molecular formula is C19H14F4N4O2. The summed E-state index contributed by atoms with van der Waals surface area (Å²) in [6.07, 6.45) is -2.38. The van der Waals surface area contributed by atoms with Crippen molar-refractivity contribution in [3.63, 3.8) is 0 Å². The molecule has 1 amide bonds. The van der Waals surface area contributed by atoms with Gasteiger partial charge in [-0.25, -0.2) is 9.37 Å². The maximum absolute atomic E-state index is 13.3. The zero-order chi connectivity index (χ0) is 21.4. The number of rotatable bonds is 4. The number of alkyl halides is 3. The van der Waals surface area contributed by atoms with Gasteiger partial charge in [0.15, 0.2) is 11.3 Å². The van der Waals surface area contributed by atoms with Crippen molar-refractivity contribution in [1.82, 2.24) is 9.55 Å². The average molecular weight is 406 g/mol. The van der Waals surface area contributed by atoms with Crippen LogP contribution in [0.25, 0.3) is 10.9 Å². The Kier molecular flexibility index (Phi) is 5.02. The number of carbonyl (C=O) groups excluding carboxylic acids is 1. The van der Waals surface area contributed by atoms with E-state index in [-0.39, 0.29) is 12.2 Å². The van der Waals surface area contributed by atoms with Crippen LogP contribution in [0.15, 0.2) is 42.7 Å². The van der Waals surface area contributed by atoms with E-state index in [2.05, 4.69) is 10.3 Å². The van der Waals surface area contributed by atoms with Crippen molar-refractivity contribution in [3.8, 4) is 6.07 Å². The molecule has 6 nitrogen and oxygen atoms in total. The molecule has 0 aliphatic heterocycles. The second kappa shape index (κ2) is 7.18. The van der Waals surface area contributed by atoms with Crippen molar-refractivity contribution < 1.29 is 27.5 Å². The number of aliphatic hydroxyl groups is 1. The molecule has 0 aliphatic carbocycles. The summed E-state index contributed by atoms with van der Waals surface area (Å²) in [6, 6.07) is 7.53. The van der Waals surface area contributed by atoms with Gasteiger partial charge in [-0.05, 0) is 37.3 Å². The van der Waals surface area contributed by atoms with E-state index in [4.69, 9.17) is 5.26 Å². The van der Waals surface area contributed by atoms with Gasteiger partial charge in [0.05, 0.1) is 24.0 Å². The minimum absolute atomic E-state index is 0.232. The predicted octanol–water partition coefficient (Wildman–Crippen LogP) is 3.46. The molecule has 2 aromatic heterocycles. The summed E-state index contributed by atoms with van der Waals surface area (Å²) in [6.45, 7) is 0.962. The lowest BCUT2D eigenvalue weighted by Crippen LogP contribution is -2.43. The summed E-state index contributed by atoms with van der Waals surface area (Å²) in [5, 5.41) is 22.1. The Labute approximate surface area is 162 Å². The highest BCUT2D eigenvalue weighted by Crippen LogP contribution is 2.32. The number of nitrogens with zero attached hydrogens (tertiary/aromatic N) is 3. The lowest BCUT2D eigenvalue weighted by atomic mass is 10.1. The molecule has 29 heavy (non-hydrogen) atoms. The Morgan fingerprint density at radius 3 is 2.69 bits per heavy atom. The third-order valence-electron chi connectivity index (χ3n) is 4.26. The highest BCUT2D eigenvalue weighted by Gasteiger charge is 2.36. The van der Waals surface area contributed by atoms with Gasteiger partial charge in [0.1, 0.15) is 11.9 Å². The van der Waals surface area contributed by atoms with Gasteiger partial charge in [-0.3, -0.25) is 4.79 Å². The van der Waals surface area contributed by atoms with Crippen molar-refractivity contribution in [3.05, 3.63) is 59.8 Å². The Balaban J connectivity index is 1.83. The third kappa shape index (κ3) is 4.20. The summed E-state index contributed by atoms with van der Waals surface area (Å²) in [5.74, 6) is -1.41. The summed E-state index contributed by atoms with van der Waals surface area (Å²) >= 11 is 0. The highest BCUT2D eigenvalue weighted by molar-refractivity contribution is 5.97. The van der Waals surface area contributed by atoms with Crippen molar-refractivity contribution in [1.29, 1.82) is 5.26 Å². The second-order valence-corrected chi connectivity index (χ2v) is 6.60. The molecule has 150 valence electrons. The number of hydrogen-bond donors (Lipinski definition) is 2. The molecular weight excluding hydrogens is 392 g/mol. The first kappa shape index (κ1) is 20.3. The van der Waals surface area contributed by atoms with Crippen LogP contribution in [0.1, 0.15) is 18.2 Å². The molecule has 1 atom stereocenters. The minimum Gasteiger partial charge on any atom is -0.378 e. The van der Waals surface area contributed by atoms with Crippen LogP contribution in [0.4, 0.5) is 23.2 Å². The van der Waals surface area contributed by atoms with Gasteiger partial charge in [0.25, 0.3) is 5.91 Å². The molecule has 10 heteroatoms. The molecule has 0 spiro atoms. The lowest BCUT2D eigenvalue weighted by Gasteiger charge is -2.23. The number of halogens is 4. The largest absolute Gasteiger partial charge is 0.419 e. The first-order valence-corrected chi connectivity index (χ1v) is 8.27. The maximum Gasteiger partial charge on any atom is 0.419 e. The van der Waals surface area contributed by atoms with Crippen molar-refractivity contribution >= 4 is 22.5 Å². The van der Waals surface area contributed by atoms with E-state index in [1.807, 2.05) is 0 Å². The third-order valence-corrected chi connectivity index (χ3v) is 4.26. The van der Waals surface area contributed by atoms with Gasteiger partial charge in [-0.15, -0.1) is 0 Å². The first-order chi connectivity index (χ1) is 13.5. The van der Waals surface area contributed by atoms with Crippen LogP contribution in [0.5, 0.6) is 0 Å². The quantitative estimate of drug-likeness (QED) is 0.650. The molecule has 1 aromatic carbocycles. The number of nitriles is 1. The standard InChI is InChI=1S/C19H14F4N4O2/c1-18(29,10-27-5-4-11-6-12(20)2-3-16(11)27)17(28)26-13-7-14(19(21,22)23)15(8-24)25-9-13/h2-7,9,29H,10H2,1H3,(H,26,28)/t18-/m0/s1. The number of nitrogens with one attached hydrogen (secondary N) is 1. The van der Waals surface area contributed by atoms with Crippen LogP contribution in [-0.4, -0.2) is 26.2 Å². The number of anilines is 1. The predicted molar refractivity (Wildman–Crippen MR) is 95.1 cm³/mol. The van der Waals surface area contributed by atoms with E-state index < -0.39 is 34.8 Å². The number of carbonyl (C=O) groups is 1. The van der Waals surface area contributed by atoms with E-state index in [0.29, 0.717) is 17.0 Å². The Morgan fingerprint density at radius 1 is 1.31 bits per heavy atom. The molecule has 3 rings (SSSR count). The van der Waals surface area contributed by atoms with Crippen LogP contribution >= 0.6 is 0 Å². The second-order valence-electron chi connectivity index (χ2n) is 6.60. The average Bonchev–Trinajstić information content (AvgIpc) is 3.02. The van der Waals surface area contributed by atoms with Crippen LogP contribution in [0.2, 0.25) is 0 Å². The fourth-order valence-electron chi connectivity index (χ4n) is 2.82. The molecule has 0 radical (unpaired) electrons. The van der Waals surface area contributed by atoms with E-state index in [0.717, 1.165) is 6.20 Å². The van der Waals surface area contributed by atoms with Crippen LogP contribution < -0.4 is 5.32 Å². The first-order valence-electron chi connectivity index (χ1n) is 8.27. The topological polar surface area (TPSA) is 90.9 Å². The Hall–Kier alpha value is -3.45. The number of amides is 1. The summed E-state index contributed by atoms with van der Waals surface area (Å²) in [4.78, 5) is 15.9. The molecule has 0 bridgehead atoms. The zero-order valence-corrected chi connectivity index (χ0v) is 15.0. The fourth-order valence-corrected chi connectivity index (χ4v) is 2.82. The van der Waals surface area contributed by atoms with E-state index in [9.17, 15) is 27.5 Å². The number of hydrogen-bond acceptors (Lipinski definition) is 4. The van der Waals surface area contributed by atoms with E-state index in [1.54, 1.807) is 12.3 Å². The number of aromatic nitrogens is 2. The highest BCUT2D eigenvalue weighted by atomic mass is 19.4. The molecule has 0 unspecified atom stereocenters. The lowest BCUT2D eigenvalue weighted by molar-refractivity contribution is -0.138. The summed E-state index contributed by atoms with van der Waals surface area (Å²) < 4.78 is 53.9. The fraction of sp³-hybridized carbons (Fsp3) is 0.211. The van der Waals surface area contributed by atoms with E-state index >= 15 is 0 Å². The monoisotopic (exact) mass is 406 g/mol. The van der Waals surface area contributed by atoms with Gasteiger partial charge in [0.2, 0.25) is 0 Å². The minimum atomic E-state index is -4.83. The number of benzene rings is 1. The molecule has 0 aliphatic rings. The van der Waals surface area contributed by atoms with Crippen LogP contribution in [-0.2, 0) is 17.5 Å². The molecule has 0 saturated carbocycles. The molecule has 2 N–H and O–H groups in total.